The second kappa shape index (κ2) is 5.49. The number of Topliss-reactive ketones (excluding diaryl/α,β-unsaturated/α-hetero) is 1. The lowest BCUT2D eigenvalue weighted by atomic mass is 10.1. The van der Waals surface area contributed by atoms with Gasteiger partial charge in [0.25, 0.3) is 0 Å². The predicted octanol–water partition coefficient (Wildman–Crippen LogP) is 3.94. The van der Waals surface area contributed by atoms with Crippen LogP contribution in [0.1, 0.15) is 22.3 Å². The first-order chi connectivity index (χ1) is 9.33. The maximum Gasteiger partial charge on any atom is 0.169 e. The van der Waals surface area contributed by atoms with Gasteiger partial charge in [0, 0.05) is 17.1 Å². The van der Waals surface area contributed by atoms with E-state index in [-0.39, 0.29) is 5.78 Å². The minimum atomic E-state index is 0.181. The van der Waals surface area contributed by atoms with Crippen LogP contribution in [0.2, 0.25) is 0 Å². The third kappa shape index (κ3) is 2.82. The van der Waals surface area contributed by atoms with E-state index in [1.54, 1.807) is 11.8 Å². The van der Waals surface area contributed by atoms with Crippen LogP contribution in [0.5, 0.6) is 5.75 Å². The molecule has 1 aliphatic rings. The monoisotopic (exact) mass is 270 g/mol. The lowest BCUT2D eigenvalue weighted by Crippen LogP contribution is -2.14. The Morgan fingerprint density at radius 2 is 1.95 bits per heavy atom. The van der Waals surface area contributed by atoms with Gasteiger partial charge in [-0.05, 0) is 23.8 Å². The molecule has 0 unspecified atom stereocenters. The molecule has 3 heteroatoms. The van der Waals surface area contributed by atoms with Crippen LogP contribution in [-0.4, -0.2) is 12.4 Å². The normalized spacial score (nSPS) is 13.8. The molecule has 3 rings (SSSR count). The van der Waals surface area contributed by atoms with Gasteiger partial charge in [0.05, 0.1) is 12.2 Å². The number of benzene rings is 2. The van der Waals surface area contributed by atoms with E-state index in [2.05, 4.69) is 12.1 Å². The number of fused-ring (bicyclic) bond motifs is 1. The van der Waals surface area contributed by atoms with Gasteiger partial charge in [-0.15, -0.1) is 11.8 Å². The molecule has 0 aromatic heterocycles. The van der Waals surface area contributed by atoms with Crippen molar-refractivity contribution in [1.82, 2.24) is 0 Å². The molecule has 0 saturated heterocycles. The standard InChI is InChI=1S/C16H14O2S/c17-15-8-9-18-16-10-13(6-7-14(15)16)19-11-12-4-2-1-3-5-12/h1-7,10H,8-9,11H2. The molecular formula is C16H14O2S. The maximum atomic E-state index is 11.7. The minimum absolute atomic E-state index is 0.181. The molecule has 0 fully saturated rings. The Balaban J connectivity index is 1.74. The molecule has 0 amide bonds. The van der Waals surface area contributed by atoms with Crippen LogP contribution in [0.15, 0.2) is 53.4 Å². The largest absolute Gasteiger partial charge is 0.492 e. The predicted molar refractivity (Wildman–Crippen MR) is 76.9 cm³/mol. The first kappa shape index (κ1) is 12.3. The number of rotatable bonds is 3. The summed E-state index contributed by atoms with van der Waals surface area (Å²) in [6.07, 6.45) is 0.490. The van der Waals surface area contributed by atoms with E-state index in [0.29, 0.717) is 13.0 Å². The van der Waals surface area contributed by atoms with Crippen molar-refractivity contribution in [3.05, 3.63) is 59.7 Å². The van der Waals surface area contributed by atoms with Crippen molar-refractivity contribution < 1.29 is 9.53 Å². The van der Waals surface area contributed by atoms with Crippen LogP contribution in [0.4, 0.5) is 0 Å². The van der Waals surface area contributed by atoms with Crippen molar-refractivity contribution in [2.45, 2.75) is 17.1 Å². The van der Waals surface area contributed by atoms with E-state index in [9.17, 15) is 4.79 Å². The number of hydrogen-bond donors (Lipinski definition) is 0. The highest BCUT2D eigenvalue weighted by Crippen LogP contribution is 2.31. The summed E-state index contributed by atoms with van der Waals surface area (Å²) >= 11 is 1.76. The van der Waals surface area contributed by atoms with E-state index in [1.165, 1.54) is 5.56 Å². The van der Waals surface area contributed by atoms with Crippen molar-refractivity contribution in [1.29, 1.82) is 0 Å². The Morgan fingerprint density at radius 1 is 1.11 bits per heavy atom. The van der Waals surface area contributed by atoms with Gasteiger partial charge in [-0.1, -0.05) is 30.3 Å². The summed E-state index contributed by atoms with van der Waals surface area (Å²) in [6, 6.07) is 16.2. The Hall–Kier alpha value is -1.74. The van der Waals surface area contributed by atoms with Crippen molar-refractivity contribution in [3.8, 4) is 5.75 Å². The summed E-state index contributed by atoms with van der Waals surface area (Å²) in [6.45, 7) is 0.499. The van der Waals surface area contributed by atoms with Gasteiger partial charge < -0.3 is 4.74 Å². The van der Waals surface area contributed by atoms with Crippen LogP contribution in [-0.2, 0) is 5.75 Å². The van der Waals surface area contributed by atoms with Crippen LogP contribution in [0.25, 0.3) is 0 Å². The van der Waals surface area contributed by atoms with E-state index in [1.807, 2.05) is 36.4 Å². The Kier molecular flexibility index (Phi) is 3.56. The number of ketones is 1. The van der Waals surface area contributed by atoms with Crippen molar-refractivity contribution in [2.75, 3.05) is 6.61 Å². The maximum absolute atomic E-state index is 11.7. The summed E-state index contributed by atoms with van der Waals surface area (Å²) in [5.74, 6) is 1.84. The third-order valence-electron chi connectivity index (χ3n) is 3.09. The Bertz CT molecular complexity index is 593. The van der Waals surface area contributed by atoms with Crippen LogP contribution in [0.3, 0.4) is 0 Å². The SMILES string of the molecule is O=C1CCOc2cc(SCc3ccccc3)ccc21. The zero-order valence-electron chi connectivity index (χ0n) is 10.5. The van der Waals surface area contributed by atoms with Crippen LogP contribution >= 0.6 is 11.8 Å². The average Bonchev–Trinajstić information content (AvgIpc) is 2.46. The van der Waals surface area contributed by atoms with Crippen LogP contribution < -0.4 is 4.74 Å². The van der Waals surface area contributed by atoms with Crippen LogP contribution in [0, 0.1) is 0 Å². The minimum Gasteiger partial charge on any atom is -0.492 e. The number of carbonyl (C=O) groups excluding carboxylic acids is 1. The summed E-state index contributed by atoms with van der Waals surface area (Å²) in [4.78, 5) is 12.8. The zero-order valence-corrected chi connectivity index (χ0v) is 11.3. The van der Waals surface area contributed by atoms with Gasteiger partial charge in [-0.3, -0.25) is 4.79 Å². The van der Waals surface area contributed by atoms with Crippen molar-refractivity contribution in [3.63, 3.8) is 0 Å². The lowest BCUT2D eigenvalue weighted by Gasteiger charge is -2.16. The fraction of sp³-hybridized carbons (Fsp3) is 0.188. The zero-order chi connectivity index (χ0) is 13.1. The molecule has 0 saturated carbocycles. The highest BCUT2D eigenvalue weighted by molar-refractivity contribution is 7.98. The molecule has 2 aromatic carbocycles. The highest BCUT2D eigenvalue weighted by atomic mass is 32.2. The molecule has 96 valence electrons. The fourth-order valence-electron chi connectivity index (χ4n) is 2.07. The molecule has 0 N–H and O–H groups in total. The number of carbonyl (C=O) groups is 1. The van der Waals surface area contributed by atoms with Gasteiger partial charge in [-0.2, -0.15) is 0 Å². The van der Waals surface area contributed by atoms with E-state index in [4.69, 9.17) is 4.74 Å². The Morgan fingerprint density at radius 3 is 2.79 bits per heavy atom. The van der Waals surface area contributed by atoms with E-state index < -0.39 is 0 Å². The second-order valence-corrected chi connectivity index (χ2v) is 5.50. The topological polar surface area (TPSA) is 26.3 Å². The molecule has 2 aromatic rings. The number of hydrogen-bond acceptors (Lipinski definition) is 3. The van der Waals surface area contributed by atoms with Gasteiger partial charge in [0.1, 0.15) is 5.75 Å². The lowest BCUT2D eigenvalue weighted by molar-refractivity contribution is 0.0933. The molecule has 0 bridgehead atoms. The molecule has 0 atom stereocenters. The third-order valence-corrected chi connectivity index (χ3v) is 4.15. The molecule has 0 aliphatic carbocycles. The quantitative estimate of drug-likeness (QED) is 0.790. The van der Waals surface area contributed by atoms with E-state index >= 15 is 0 Å². The first-order valence-corrected chi connectivity index (χ1v) is 7.28. The van der Waals surface area contributed by atoms with Crippen molar-refractivity contribution >= 4 is 17.5 Å². The number of ether oxygens (including phenoxy) is 1. The summed E-state index contributed by atoms with van der Waals surface area (Å²) in [5, 5.41) is 0. The van der Waals surface area contributed by atoms with Gasteiger partial charge in [0.15, 0.2) is 5.78 Å². The number of thioether (sulfide) groups is 1. The molecule has 0 spiro atoms. The average molecular weight is 270 g/mol. The van der Waals surface area contributed by atoms with Gasteiger partial charge in [0.2, 0.25) is 0 Å². The molecule has 19 heavy (non-hydrogen) atoms. The second-order valence-electron chi connectivity index (χ2n) is 4.45. The van der Waals surface area contributed by atoms with E-state index in [0.717, 1.165) is 22.0 Å². The summed E-state index contributed by atoms with van der Waals surface area (Å²) in [5.41, 5.74) is 2.01. The molecule has 0 radical (unpaired) electrons. The fourth-order valence-corrected chi connectivity index (χ4v) is 2.95. The van der Waals surface area contributed by atoms with Gasteiger partial charge >= 0.3 is 0 Å². The summed E-state index contributed by atoms with van der Waals surface area (Å²) in [7, 11) is 0. The van der Waals surface area contributed by atoms with Crippen molar-refractivity contribution in [2.24, 2.45) is 0 Å². The van der Waals surface area contributed by atoms with Gasteiger partial charge in [-0.25, -0.2) is 0 Å². The highest BCUT2D eigenvalue weighted by Gasteiger charge is 2.18. The molecule has 1 aliphatic heterocycles. The molecular weight excluding hydrogens is 256 g/mol. The first-order valence-electron chi connectivity index (χ1n) is 6.30. The molecule has 2 nitrogen and oxygen atoms in total. The smallest absolute Gasteiger partial charge is 0.169 e. The Labute approximate surface area is 116 Å². The molecule has 1 heterocycles. The summed E-state index contributed by atoms with van der Waals surface area (Å²) < 4.78 is 5.55.